The highest BCUT2D eigenvalue weighted by molar-refractivity contribution is 5.92. The topological polar surface area (TPSA) is 69.6 Å². The van der Waals surface area contributed by atoms with Crippen LogP contribution in [0.2, 0.25) is 0 Å². The van der Waals surface area contributed by atoms with Gasteiger partial charge in [0.25, 0.3) is 5.91 Å². The molecule has 2 aromatic carbocycles. The van der Waals surface area contributed by atoms with Crippen molar-refractivity contribution in [3.63, 3.8) is 0 Å². The summed E-state index contributed by atoms with van der Waals surface area (Å²) in [7, 11) is 0. The van der Waals surface area contributed by atoms with Crippen molar-refractivity contribution < 1.29 is 23.5 Å². The third kappa shape index (κ3) is 5.15. The Labute approximate surface area is 187 Å². The largest absolute Gasteiger partial charge is 0.381 e. The molecule has 0 aromatic heterocycles. The lowest BCUT2D eigenvalue weighted by Crippen LogP contribution is -2.52. The first-order chi connectivity index (χ1) is 15.0. The summed E-state index contributed by atoms with van der Waals surface area (Å²) in [5.74, 6) is -1.61. The average molecular weight is 445 g/mol. The van der Waals surface area contributed by atoms with E-state index in [4.69, 9.17) is 0 Å². The Bertz CT molecular complexity index is 973. The molecule has 0 bridgehead atoms. The monoisotopic (exact) mass is 444 g/mol. The molecule has 0 radical (unpaired) electrons. The lowest BCUT2D eigenvalue weighted by Gasteiger charge is -2.30. The number of carbonyl (C=O) groups excluding carboxylic acids is 2. The third-order valence-corrected chi connectivity index (χ3v) is 5.74. The van der Waals surface area contributed by atoms with Crippen LogP contribution in [-0.4, -0.2) is 46.2 Å². The molecule has 2 N–H and O–H groups in total. The number of hydrogen-bond acceptors (Lipinski definition) is 3. The maximum atomic E-state index is 14.7. The van der Waals surface area contributed by atoms with Crippen molar-refractivity contribution in [1.29, 1.82) is 0 Å². The molecular formula is C25H30F2N2O3. The van der Waals surface area contributed by atoms with Crippen LogP contribution in [0.5, 0.6) is 0 Å². The van der Waals surface area contributed by atoms with Crippen molar-refractivity contribution in [2.45, 2.75) is 63.9 Å². The van der Waals surface area contributed by atoms with Crippen molar-refractivity contribution >= 4 is 11.8 Å². The Morgan fingerprint density at radius 1 is 1.12 bits per heavy atom. The van der Waals surface area contributed by atoms with Gasteiger partial charge in [0.15, 0.2) is 0 Å². The molecule has 0 spiro atoms. The molecule has 2 amide bonds. The van der Waals surface area contributed by atoms with Crippen LogP contribution >= 0.6 is 0 Å². The van der Waals surface area contributed by atoms with Crippen LogP contribution in [0.3, 0.4) is 0 Å². The number of nitrogens with zero attached hydrogens (tertiary/aromatic N) is 1. The minimum absolute atomic E-state index is 0.00944. The van der Waals surface area contributed by atoms with Gasteiger partial charge in [-0.05, 0) is 42.5 Å². The molecule has 3 atom stereocenters. The zero-order valence-electron chi connectivity index (χ0n) is 18.8. The number of nitrogens with one attached hydrogen (secondary N) is 1. The molecule has 3 unspecified atom stereocenters. The molecule has 5 nitrogen and oxygen atoms in total. The molecule has 2 aromatic rings. The van der Waals surface area contributed by atoms with E-state index in [1.165, 1.54) is 19.9 Å². The van der Waals surface area contributed by atoms with Crippen LogP contribution in [0.4, 0.5) is 8.78 Å². The Kier molecular flexibility index (Phi) is 6.98. The van der Waals surface area contributed by atoms with E-state index in [1.807, 2.05) is 44.2 Å². The number of hydrogen-bond donors (Lipinski definition) is 2. The van der Waals surface area contributed by atoms with Gasteiger partial charge in [-0.25, -0.2) is 8.78 Å². The number of alkyl halides is 1. The molecule has 0 aliphatic carbocycles. The summed E-state index contributed by atoms with van der Waals surface area (Å²) >= 11 is 0. The fourth-order valence-electron chi connectivity index (χ4n) is 4.04. The summed E-state index contributed by atoms with van der Waals surface area (Å²) in [5.41, 5.74) is 0.122. The van der Waals surface area contributed by atoms with E-state index in [0.29, 0.717) is 11.1 Å². The van der Waals surface area contributed by atoms with Gasteiger partial charge in [-0.1, -0.05) is 56.3 Å². The Morgan fingerprint density at radius 3 is 2.34 bits per heavy atom. The van der Waals surface area contributed by atoms with Gasteiger partial charge in [0.1, 0.15) is 23.6 Å². The maximum Gasteiger partial charge on any atom is 0.254 e. The summed E-state index contributed by atoms with van der Waals surface area (Å²) in [6, 6.07) is 12.2. The molecule has 1 fully saturated rings. The third-order valence-electron chi connectivity index (χ3n) is 5.74. The smallest absolute Gasteiger partial charge is 0.254 e. The van der Waals surface area contributed by atoms with Crippen molar-refractivity contribution in [3.05, 3.63) is 71.0 Å². The van der Waals surface area contributed by atoms with Gasteiger partial charge >= 0.3 is 0 Å². The van der Waals surface area contributed by atoms with Crippen molar-refractivity contribution in [1.82, 2.24) is 10.2 Å². The lowest BCUT2D eigenvalue weighted by atomic mass is 9.94. The highest BCUT2D eigenvalue weighted by Gasteiger charge is 2.44. The number of benzene rings is 2. The van der Waals surface area contributed by atoms with Gasteiger partial charge in [-0.3, -0.25) is 9.59 Å². The number of likely N-dealkylation sites (tertiary alicyclic amines) is 1. The SMILES string of the molecule is CC(C)c1ccc(C(NC(=O)C2CC(F)CN2C(=O)C(C)(C)O)c2ccccc2)cc1F. The highest BCUT2D eigenvalue weighted by Crippen LogP contribution is 2.29. The maximum absolute atomic E-state index is 14.7. The Balaban J connectivity index is 1.93. The molecule has 0 saturated carbocycles. The van der Waals surface area contributed by atoms with Crippen molar-refractivity contribution in [3.8, 4) is 0 Å². The van der Waals surface area contributed by atoms with Gasteiger partial charge in [0, 0.05) is 6.42 Å². The van der Waals surface area contributed by atoms with Crippen molar-refractivity contribution in [2.75, 3.05) is 6.54 Å². The molecule has 1 aliphatic rings. The number of halogens is 2. The second kappa shape index (κ2) is 9.36. The normalized spacial score (nSPS) is 19.8. The first kappa shape index (κ1) is 23.9. The minimum atomic E-state index is -1.72. The van der Waals surface area contributed by atoms with Crippen LogP contribution in [-0.2, 0) is 9.59 Å². The van der Waals surface area contributed by atoms with Crippen LogP contribution in [0.15, 0.2) is 48.5 Å². The van der Waals surface area contributed by atoms with Crippen molar-refractivity contribution in [2.24, 2.45) is 0 Å². The minimum Gasteiger partial charge on any atom is -0.381 e. The van der Waals surface area contributed by atoms with Gasteiger partial charge < -0.3 is 15.3 Å². The summed E-state index contributed by atoms with van der Waals surface area (Å²) in [4.78, 5) is 26.9. The number of aliphatic hydroxyl groups is 1. The summed E-state index contributed by atoms with van der Waals surface area (Å²) < 4.78 is 28.9. The summed E-state index contributed by atoms with van der Waals surface area (Å²) in [6.07, 6.45) is -1.52. The average Bonchev–Trinajstić information content (AvgIpc) is 3.12. The van der Waals surface area contributed by atoms with E-state index in [1.54, 1.807) is 12.1 Å². The quantitative estimate of drug-likeness (QED) is 0.711. The first-order valence-electron chi connectivity index (χ1n) is 10.8. The zero-order valence-corrected chi connectivity index (χ0v) is 18.8. The van der Waals surface area contributed by atoms with E-state index in [9.17, 15) is 23.5 Å². The molecule has 3 rings (SSSR count). The fourth-order valence-corrected chi connectivity index (χ4v) is 4.04. The van der Waals surface area contributed by atoms with Gasteiger partial charge in [-0.15, -0.1) is 0 Å². The lowest BCUT2D eigenvalue weighted by molar-refractivity contribution is -0.151. The van der Waals surface area contributed by atoms with E-state index >= 15 is 0 Å². The number of carbonyl (C=O) groups is 2. The van der Waals surface area contributed by atoms with E-state index in [2.05, 4.69) is 5.32 Å². The van der Waals surface area contributed by atoms with Crippen LogP contribution in [0.25, 0.3) is 0 Å². The van der Waals surface area contributed by atoms with Crippen LogP contribution < -0.4 is 5.32 Å². The van der Waals surface area contributed by atoms with Gasteiger partial charge in [0.05, 0.1) is 12.6 Å². The van der Waals surface area contributed by atoms with Crippen LogP contribution in [0.1, 0.15) is 62.8 Å². The van der Waals surface area contributed by atoms with Crippen LogP contribution in [0, 0.1) is 5.82 Å². The van der Waals surface area contributed by atoms with Gasteiger partial charge in [0.2, 0.25) is 5.91 Å². The number of amides is 2. The Morgan fingerprint density at radius 2 is 1.78 bits per heavy atom. The molecule has 1 heterocycles. The molecule has 32 heavy (non-hydrogen) atoms. The Hall–Kier alpha value is -2.80. The summed E-state index contributed by atoms with van der Waals surface area (Å²) in [6.45, 7) is 6.16. The molecule has 7 heteroatoms. The standard InChI is InChI=1S/C25H30F2N2O3/c1-15(2)19-11-10-17(12-20(19)27)22(16-8-6-5-7-9-16)28-23(30)21-13-18(26)14-29(21)24(31)25(3,4)32/h5-12,15,18,21-22,32H,13-14H2,1-4H3,(H,28,30). The second-order valence-corrected chi connectivity index (χ2v) is 9.15. The first-order valence-corrected chi connectivity index (χ1v) is 10.8. The van der Waals surface area contributed by atoms with Gasteiger partial charge in [-0.2, -0.15) is 0 Å². The zero-order chi connectivity index (χ0) is 23.6. The van der Waals surface area contributed by atoms with E-state index in [0.717, 1.165) is 10.5 Å². The summed E-state index contributed by atoms with van der Waals surface area (Å²) in [5, 5.41) is 13.0. The molecular weight excluding hydrogens is 414 g/mol. The number of rotatable bonds is 6. The fraction of sp³-hybridized carbons (Fsp3) is 0.440. The predicted octanol–water partition coefficient (Wildman–Crippen LogP) is 3.86. The van der Waals surface area contributed by atoms with E-state index in [-0.39, 0.29) is 24.7 Å². The molecule has 172 valence electrons. The predicted molar refractivity (Wildman–Crippen MR) is 118 cm³/mol. The highest BCUT2D eigenvalue weighted by atomic mass is 19.1. The van der Waals surface area contributed by atoms with E-state index < -0.39 is 35.7 Å². The molecule has 1 saturated heterocycles. The second-order valence-electron chi connectivity index (χ2n) is 9.15. The molecule has 1 aliphatic heterocycles.